The Labute approximate surface area is 397 Å². The van der Waals surface area contributed by atoms with Crippen molar-refractivity contribution in [2.75, 3.05) is 39.4 Å². The van der Waals surface area contributed by atoms with Crippen LogP contribution >= 0.6 is 0 Å². The molecule has 1 aromatic carbocycles. The number of aromatic hydroxyl groups is 1. The van der Waals surface area contributed by atoms with Crippen LogP contribution in [0.3, 0.4) is 0 Å². The first-order valence-corrected chi connectivity index (χ1v) is 21.8. The lowest BCUT2D eigenvalue weighted by Crippen LogP contribution is -2.58. The zero-order valence-corrected chi connectivity index (χ0v) is 39.3. The van der Waals surface area contributed by atoms with E-state index < -0.39 is 153 Å². The summed E-state index contributed by atoms with van der Waals surface area (Å²) in [5, 5.41) is 71.0. The molecule has 8 atom stereocenters. The summed E-state index contributed by atoms with van der Waals surface area (Å²) in [6.07, 6.45) is -1.22. The van der Waals surface area contributed by atoms with Crippen molar-refractivity contribution in [2.45, 2.75) is 109 Å². The number of phenols is 1. The second kappa shape index (κ2) is 30.4. The van der Waals surface area contributed by atoms with Gasteiger partial charge in [0.1, 0.15) is 36.0 Å². The van der Waals surface area contributed by atoms with E-state index in [0.29, 0.717) is 12.0 Å². The summed E-state index contributed by atoms with van der Waals surface area (Å²) in [6, 6.07) is -4.39. The minimum absolute atomic E-state index is 0.0666. The Morgan fingerprint density at radius 1 is 0.507 bits per heavy atom. The second-order valence-corrected chi connectivity index (χ2v) is 16.7. The van der Waals surface area contributed by atoms with Crippen LogP contribution in [0.2, 0.25) is 0 Å². The molecule has 0 saturated heterocycles. The van der Waals surface area contributed by atoms with Gasteiger partial charge in [-0.3, -0.25) is 47.9 Å². The molecule has 0 unspecified atom stereocenters. The van der Waals surface area contributed by atoms with Crippen LogP contribution in [0.1, 0.15) is 59.9 Å². The van der Waals surface area contributed by atoms with Crippen molar-refractivity contribution in [2.24, 2.45) is 17.6 Å². The van der Waals surface area contributed by atoms with Crippen molar-refractivity contribution in [1.29, 1.82) is 0 Å². The minimum atomic E-state index is -1.70. The Morgan fingerprint density at radius 2 is 0.942 bits per heavy atom. The molecule has 0 fully saturated rings. The number of nitrogens with one attached hydrogen (secondary N) is 10. The van der Waals surface area contributed by atoms with Crippen molar-refractivity contribution >= 4 is 65.0 Å². The number of aliphatic hydroxyl groups is 3. The molecule has 0 aliphatic carbocycles. The number of hydrogen-bond acceptors (Lipinski definition) is 16. The minimum Gasteiger partial charge on any atom is -0.508 e. The second-order valence-electron chi connectivity index (χ2n) is 16.7. The van der Waals surface area contributed by atoms with Gasteiger partial charge in [-0.1, -0.05) is 39.8 Å². The number of rotatable bonds is 30. The lowest BCUT2D eigenvalue weighted by Gasteiger charge is -2.24. The summed E-state index contributed by atoms with van der Waals surface area (Å²) in [5.41, 5.74) is 6.23. The highest BCUT2D eigenvalue weighted by Gasteiger charge is 2.31. The number of nitrogens with two attached hydrogens (primary N) is 1. The van der Waals surface area contributed by atoms with E-state index >= 15 is 0 Å². The van der Waals surface area contributed by atoms with Crippen LogP contribution in [-0.2, 0) is 59.2 Å². The molecule has 0 spiro atoms. The Morgan fingerprint density at radius 3 is 1.45 bits per heavy atom. The maximum absolute atomic E-state index is 13.4. The summed E-state index contributed by atoms with van der Waals surface area (Å²) in [7, 11) is 0. The number of carboxylic acid groups (broad SMARTS) is 1. The zero-order valence-electron chi connectivity index (χ0n) is 39.3. The fraction of sp³-hybridized carbons (Fsp3) is 0.595. The molecule has 27 nitrogen and oxygen atoms in total. The monoisotopic (exact) mass is 981 g/mol. The molecule has 10 amide bonds. The SMILES string of the molecule is CC(C)C[C@H](NC(=O)CNC(=O)[C@H](C)NC(=O)[C@H](CO)NC(=O)CNC(=O)[C@H](CO)NC(=O)[C@H](Cc1ccc(O)cc1)NC(=O)CNC(=O)CNC(=O)[C@@H](N)CC(C)C)C(=O)N[C@H](C(=O)O)[C@@H](C)O. The summed E-state index contributed by atoms with van der Waals surface area (Å²) < 4.78 is 0. The fourth-order valence-electron chi connectivity index (χ4n) is 5.96. The van der Waals surface area contributed by atoms with Gasteiger partial charge in [0.2, 0.25) is 59.1 Å². The molecule has 27 heteroatoms. The maximum Gasteiger partial charge on any atom is 0.328 e. The third-order valence-electron chi connectivity index (χ3n) is 9.61. The number of phenolic OH excluding ortho intramolecular Hbond substituents is 1. The summed E-state index contributed by atoms with van der Waals surface area (Å²) >= 11 is 0. The van der Waals surface area contributed by atoms with Crippen LogP contribution in [0, 0.1) is 11.8 Å². The normalized spacial score (nSPS) is 14.4. The van der Waals surface area contributed by atoms with Crippen LogP contribution in [0.4, 0.5) is 0 Å². The largest absolute Gasteiger partial charge is 0.508 e. The van der Waals surface area contributed by atoms with Gasteiger partial charge in [0.05, 0.1) is 51.5 Å². The lowest BCUT2D eigenvalue weighted by molar-refractivity contribution is -0.145. The standard InChI is InChI=1S/C42H67N11O16/c1-20(2)11-26(43)37(63)46-14-31(58)44-15-32(59)50-28(13-24-7-9-25(57)10-8-24)39(65)52-29(18-54)38(64)47-17-34(61)51-30(19-55)41(67)48-22(5)36(62)45-16-33(60)49-27(12-21(3)4)40(66)53-35(23(6)56)42(68)69/h7-10,20-23,26-30,35,54-57H,11-19,43H2,1-6H3,(H,44,58)(H,45,62)(H,46,63)(H,47,64)(H,48,67)(H,49,60)(H,50,59)(H,51,61)(H,52,65)(H,53,66)(H,68,69)/t22-,23+,26-,27-,28-,29-,30-,35-/m0/s1. The van der Waals surface area contributed by atoms with E-state index in [1.54, 1.807) is 13.8 Å². The molecular formula is C42H67N11O16. The molecule has 0 aliphatic rings. The van der Waals surface area contributed by atoms with Crippen LogP contribution in [-0.4, -0.2) is 178 Å². The van der Waals surface area contributed by atoms with Gasteiger partial charge in [0.25, 0.3) is 0 Å². The van der Waals surface area contributed by atoms with E-state index in [4.69, 9.17) is 5.73 Å². The first kappa shape index (κ1) is 60.0. The molecule has 0 heterocycles. The molecule has 0 bridgehead atoms. The number of aliphatic carboxylic acids is 1. The van der Waals surface area contributed by atoms with Gasteiger partial charge in [-0.05, 0) is 56.2 Å². The van der Waals surface area contributed by atoms with Crippen molar-refractivity contribution in [3.05, 3.63) is 29.8 Å². The van der Waals surface area contributed by atoms with Gasteiger partial charge in [-0.15, -0.1) is 0 Å². The Hall–Kier alpha value is -6.97. The smallest absolute Gasteiger partial charge is 0.328 e. The van der Waals surface area contributed by atoms with Gasteiger partial charge < -0.3 is 84.4 Å². The predicted octanol–water partition coefficient (Wildman–Crippen LogP) is -6.80. The average Bonchev–Trinajstić information content (AvgIpc) is 3.27. The molecule has 0 saturated carbocycles. The van der Waals surface area contributed by atoms with Crippen molar-refractivity contribution in [3.8, 4) is 5.75 Å². The van der Waals surface area contributed by atoms with Crippen molar-refractivity contribution in [1.82, 2.24) is 53.2 Å². The van der Waals surface area contributed by atoms with Gasteiger partial charge in [-0.2, -0.15) is 0 Å². The Bertz CT molecular complexity index is 1950. The van der Waals surface area contributed by atoms with Crippen molar-refractivity contribution < 1.29 is 78.3 Å². The Kier molecular flexibility index (Phi) is 26.5. The summed E-state index contributed by atoms with van der Waals surface area (Å²) in [6.45, 7) is 4.88. The number of amides is 10. The average molecular weight is 982 g/mol. The fourth-order valence-corrected chi connectivity index (χ4v) is 5.96. The first-order valence-electron chi connectivity index (χ1n) is 21.8. The summed E-state index contributed by atoms with van der Waals surface area (Å²) in [4.78, 5) is 139. The van der Waals surface area contributed by atoms with Crippen LogP contribution in [0.25, 0.3) is 0 Å². The van der Waals surface area contributed by atoms with E-state index in [1.165, 1.54) is 31.2 Å². The van der Waals surface area contributed by atoms with Crippen LogP contribution in [0.15, 0.2) is 24.3 Å². The van der Waals surface area contributed by atoms with Gasteiger partial charge in [0, 0.05) is 6.42 Å². The third-order valence-corrected chi connectivity index (χ3v) is 9.61. The number of carbonyl (C=O) groups excluding carboxylic acids is 10. The molecule has 0 aliphatic heterocycles. The highest BCUT2D eigenvalue weighted by molar-refractivity contribution is 5.97. The molecule has 17 N–H and O–H groups in total. The molecular weight excluding hydrogens is 915 g/mol. The molecule has 0 aromatic heterocycles. The number of benzene rings is 1. The Balaban J connectivity index is 2.81. The maximum atomic E-state index is 13.4. The quantitative estimate of drug-likeness (QED) is 0.0341. The lowest BCUT2D eigenvalue weighted by atomic mass is 10.0. The highest BCUT2D eigenvalue weighted by Crippen LogP contribution is 2.12. The molecule has 386 valence electrons. The van der Waals surface area contributed by atoms with Gasteiger partial charge in [0.15, 0.2) is 6.04 Å². The summed E-state index contributed by atoms with van der Waals surface area (Å²) in [5.74, 6) is -10.7. The van der Waals surface area contributed by atoms with E-state index in [2.05, 4.69) is 53.2 Å². The first-order chi connectivity index (χ1) is 32.3. The van der Waals surface area contributed by atoms with E-state index in [9.17, 15) is 78.3 Å². The number of carbonyl (C=O) groups is 11. The molecule has 0 radical (unpaired) electrons. The number of hydrogen-bond donors (Lipinski definition) is 16. The third kappa shape index (κ3) is 23.5. The van der Waals surface area contributed by atoms with Gasteiger partial charge in [-0.25, -0.2) is 4.79 Å². The zero-order chi connectivity index (χ0) is 52.5. The molecule has 1 rings (SSSR count). The topological polar surface area (TPSA) is 435 Å². The van der Waals surface area contributed by atoms with E-state index in [1.807, 2.05) is 13.8 Å². The van der Waals surface area contributed by atoms with E-state index in [-0.39, 0.29) is 30.4 Å². The predicted molar refractivity (Wildman–Crippen MR) is 241 cm³/mol. The number of aliphatic hydroxyl groups excluding tert-OH is 3. The number of carboxylic acids is 1. The molecule has 69 heavy (non-hydrogen) atoms. The van der Waals surface area contributed by atoms with Crippen molar-refractivity contribution in [3.63, 3.8) is 0 Å². The van der Waals surface area contributed by atoms with Gasteiger partial charge >= 0.3 is 5.97 Å². The van der Waals surface area contributed by atoms with E-state index in [0.717, 1.165) is 6.92 Å². The van der Waals surface area contributed by atoms with Crippen LogP contribution < -0.4 is 58.9 Å². The highest BCUT2D eigenvalue weighted by atomic mass is 16.4. The molecule has 1 aromatic rings. The van der Waals surface area contributed by atoms with Crippen LogP contribution in [0.5, 0.6) is 5.75 Å².